The van der Waals surface area contributed by atoms with Crippen LogP contribution >= 0.6 is 0 Å². The van der Waals surface area contributed by atoms with Gasteiger partial charge in [-0.1, -0.05) is 25.5 Å². The van der Waals surface area contributed by atoms with Crippen LogP contribution < -0.4 is 5.32 Å². The number of benzene rings is 1. The van der Waals surface area contributed by atoms with E-state index in [4.69, 9.17) is 0 Å². The average Bonchev–Trinajstić information content (AvgIpc) is 2.83. The minimum Gasteiger partial charge on any atom is -0.354 e. The Hall–Kier alpha value is -1.91. The summed E-state index contributed by atoms with van der Waals surface area (Å²) in [6.45, 7) is 3.06. The van der Waals surface area contributed by atoms with E-state index in [-0.39, 0.29) is 17.6 Å². The normalized spacial score (nSPS) is 18.1. The van der Waals surface area contributed by atoms with E-state index in [2.05, 4.69) is 12.2 Å². The molecule has 1 N–H and O–H groups in total. The lowest BCUT2D eigenvalue weighted by Crippen LogP contribution is -2.44. The van der Waals surface area contributed by atoms with Gasteiger partial charge in [0.25, 0.3) is 0 Å². The highest BCUT2D eigenvalue weighted by molar-refractivity contribution is 5.90. The number of hydrogen-bond donors (Lipinski definition) is 1. The molecule has 1 atom stereocenters. The summed E-state index contributed by atoms with van der Waals surface area (Å²) in [5.41, 5.74) is 0.831. The molecular formula is C16H21FN2O2. The highest BCUT2D eigenvalue weighted by Crippen LogP contribution is 2.21. The molecule has 21 heavy (non-hydrogen) atoms. The van der Waals surface area contributed by atoms with Gasteiger partial charge in [-0.3, -0.25) is 9.59 Å². The Labute approximate surface area is 124 Å². The van der Waals surface area contributed by atoms with Crippen molar-refractivity contribution < 1.29 is 14.0 Å². The Morgan fingerprint density at radius 3 is 2.76 bits per heavy atom. The monoisotopic (exact) mass is 292 g/mol. The van der Waals surface area contributed by atoms with Crippen LogP contribution in [0, 0.1) is 5.82 Å². The van der Waals surface area contributed by atoms with E-state index < -0.39 is 6.04 Å². The van der Waals surface area contributed by atoms with Crippen molar-refractivity contribution in [3.05, 3.63) is 35.6 Å². The van der Waals surface area contributed by atoms with Crippen LogP contribution in [0.1, 0.15) is 38.2 Å². The lowest BCUT2D eigenvalue weighted by molar-refractivity contribution is -0.135. The number of nitrogens with zero attached hydrogens (tertiary/aromatic N) is 1. The molecular weight excluding hydrogens is 271 g/mol. The summed E-state index contributed by atoms with van der Waals surface area (Å²) in [5, 5.41) is 2.88. The molecule has 0 radical (unpaired) electrons. The molecule has 1 aromatic rings. The molecule has 1 aliphatic rings. The summed E-state index contributed by atoms with van der Waals surface area (Å²) >= 11 is 0. The second-order valence-corrected chi connectivity index (χ2v) is 5.35. The minimum absolute atomic E-state index is 0.0185. The first-order valence-electron chi connectivity index (χ1n) is 7.43. The smallest absolute Gasteiger partial charge is 0.242 e. The summed E-state index contributed by atoms with van der Waals surface area (Å²) < 4.78 is 12.9. The van der Waals surface area contributed by atoms with Crippen molar-refractivity contribution in [3.8, 4) is 0 Å². The first-order chi connectivity index (χ1) is 10.1. The topological polar surface area (TPSA) is 49.4 Å². The van der Waals surface area contributed by atoms with Gasteiger partial charge in [0.2, 0.25) is 11.8 Å². The maximum Gasteiger partial charge on any atom is 0.242 e. The Balaban J connectivity index is 1.99. The number of halogens is 1. The highest BCUT2D eigenvalue weighted by atomic mass is 19.1. The number of amides is 2. The van der Waals surface area contributed by atoms with E-state index in [1.165, 1.54) is 12.1 Å². The third-order valence-corrected chi connectivity index (χ3v) is 3.73. The maximum absolute atomic E-state index is 12.9. The molecule has 5 heteroatoms. The summed E-state index contributed by atoms with van der Waals surface area (Å²) in [6, 6.07) is 5.62. The molecule has 1 fully saturated rings. The largest absolute Gasteiger partial charge is 0.354 e. The van der Waals surface area contributed by atoms with Gasteiger partial charge in [0.05, 0.1) is 0 Å². The zero-order valence-corrected chi connectivity index (χ0v) is 12.3. The van der Waals surface area contributed by atoms with E-state index >= 15 is 0 Å². The van der Waals surface area contributed by atoms with E-state index in [1.807, 2.05) is 0 Å². The van der Waals surface area contributed by atoms with E-state index in [1.54, 1.807) is 17.0 Å². The molecule has 1 heterocycles. The van der Waals surface area contributed by atoms with Gasteiger partial charge in [0, 0.05) is 19.5 Å². The first kappa shape index (κ1) is 15.5. The minimum atomic E-state index is -0.403. The Bertz CT molecular complexity index is 502. The number of carbonyl (C=O) groups excluding carboxylic acids is 2. The van der Waals surface area contributed by atoms with Crippen LogP contribution in [-0.2, 0) is 16.1 Å². The van der Waals surface area contributed by atoms with Gasteiger partial charge in [-0.25, -0.2) is 4.39 Å². The zero-order chi connectivity index (χ0) is 15.2. The van der Waals surface area contributed by atoms with Crippen molar-refractivity contribution in [3.63, 3.8) is 0 Å². The maximum atomic E-state index is 12.9. The molecule has 114 valence electrons. The molecule has 1 aliphatic heterocycles. The average molecular weight is 292 g/mol. The van der Waals surface area contributed by atoms with Gasteiger partial charge in [0.1, 0.15) is 11.9 Å². The van der Waals surface area contributed by atoms with Gasteiger partial charge < -0.3 is 10.2 Å². The molecule has 1 aromatic carbocycles. The van der Waals surface area contributed by atoms with Crippen LogP contribution in [0.15, 0.2) is 24.3 Å². The second-order valence-electron chi connectivity index (χ2n) is 5.35. The molecule has 0 aliphatic carbocycles. The summed E-state index contributed by atoms with van der Waals surface area (Å²) in [4.78, 5) is 25.7. The zero-order valence-electron chi connectivity index (χ0n) is 12.3. The van der Waals surface area contributed by atoms with Crippen LogP contribution in [0.4, 0.5) is 4.39 Å². The van der Waals surface area contributed by atoms with Crippen molar-refractivity contribution in [2.24, 2.45) is 0 Å². The molecule has 0 spiro atoms. The number of likely N-dealkylation sites (tertiary alicyclic amines) is 1. The molecule has 0 aromatic heterocycles. The van der Waals surface area contributed by atoms with Gasteiger partial charge >= 0.3 is 0 Å². The second kappa shape index (κ2) is 7.20. The van der Waals surface area contributed by atoms with Gasteiger partial charge in [-0.15, -0.1) is 0 Å². The van der Waals surface area contributed by atoms with E-state index in [0.717, 1.165) is 18.4 Å². The number of rotatable bonds is 6. The third kappa shape index (κ3) is 4.03. The van der Waals surface area contributed by atoms with Crippen LogP contribution in [0.3, 0.4) is 0 Å². The van der Waals surface area contributed by atoms with Crippen LogP contribution in [0.2, 0.25) is 0 Å². The van der Waals surface area contributed by atoms with Gasteiger partial charge in [-0.05, 0) is 30.5 Å². The van der Waals surface area contributed by atoms with Crippen LogP contribution in [-0.4, -0.2) is 29.3 Å². The summed E-state index contributed by atoms with van der Waals surface area (Å²) in [6.07, 6.45) is 2.90. The van der Waals surface area contributed by atoms with Crippen molar-refractivity contribution in [1.29, 1.82) is 0 Å². The summed E-state index contributed by atoms with van der Waals surface area (Å²) in [5.74, 6) is -0.410. The van der Waals surface area contributed by atoms with Crippen molar-refractivity contribution in [2.75, 3.05) is 6.54 Å². The molecule has 2 rings (SSSR count). The van der Waals surface area contributed by atoms with E-state index in [9.17, 15) is 14.0 Å². The Morgan fingerprint density at radius 2 is 2.10 bits per heavy atom. The standard InChI is InChI=1S/C16H21FN2O2/c1-2-3-10-18-16(21)14-8-9-15(20)19(14)11-12-4-6-13(17)7-5-12/h4-7,14H,2-3,8-11H2,1H3,(H,18,21)/t14-/m0/s1. The first-order valence-corrected chi connectivity index (χ1v) is 7.43. The highest BCUT2D eigenvalue weighted by Gasteiger charge is 2.35. The van der Waals surface area contributed by atoms with Crippen LogP contribution in [0.5, 0.6) is 0 Å². The van der Waals surface area contributed by atoms with Crippen LogP contribution in [0.25, 0.3) is 0 Å². The van der Waals surface area contributed by atoms with Crippen molar-refractivity contribution in [1.82, 2.24) is 10.2 Å². The quantitative estimate of drug-likeness (QED) is 0.817. The number of unbranched alkanes of at least 4 members (excludes halogenated alkanes) is 1. The number of nitrogens with one attached hydrogen (secondary N) is 1. The van der Waals surface area contributed by atoms with Crippen molar-refractivity contribution in [2.45, 2.75) is 45.2 Å². The fraction of sp³-hybridized carbons (Fsp3) is 0.500. The van der Waals surface area contributed by atoms with Crippen molar-refractivity contribution >= 4 is 11.8 Å². The third-order valence-electron chi connectivity index (χ3n) is 3.73. The molecule has 0 unspecified atom stereocenters. The van der Waals surface area contributed by atoms with Gasteiger partial charge in [0.15, 0.2) is 0 Å². The predicted octanol–water partition coefficient (Wildman–Crippen LogP) is 2.23. The Morgan fingerprint density at radius 1 is 1.38 bits per heavy atom. The lowest BCUT2D eigenvalue weighted by Gasteiger charge is -2.24. The number of hydrogen-bond acceptors (Lipinski definition) is 2. The Kier molecular flexibility index (Phi) is 5.31. The number of carbonyl (C=O) groups is 2. The van der Waals surface area contributed by atoms with Gasteiger partial charge in [-0.2, -0.15) is 0 Å². The van der Waals surface area contributed by atoms with E-state index in [0.29, 0.717) is 25.9 Å². The SMILES string of the molecule is CCCCNC(=O)[C@@H]1CCC(=O)N1Cc1ccc(F)cc1. The molecule has 1 saturated heterocycles. The molecule has 0 bridgehead atoms. The fourth-order valence-corrected chi connectivity index (χ4v) is 2.50. The summed E-state index contributed by atoms with van der Waals surface area (Å²) in [7, 11) is 0. The molecule has 2 amide bonds. The molecule has 0 saturated carbocycles. The fourth-order valence-electron chi connectivity index (χ4n) is 2.50. The lowest BCUT2D eigenvalue weighted by atomic mass is 10.1. The molecule has 4 nitrogen and oxygen atoms in total. The predicted molar refractivity (Wildman–Crippen MR) is 77.9 cm³/mol.